The Morgan fingerprint density at radius 1 is 1.40 bits per heavy atom. The van der Waals surface area contributed by atoms with Gasteiger partial charge in [0, 0.05) is 30.9 Å². The fourth-order valence-electron chi connectivity index (χ4n) is 3.33. The van der Waals surface area contributed by atoms with E-state index in [2.05, 4.69) is 15.2 Å². The van der Waals surface area contributed by atoms with Crippen molar-refractivity contribution in [2.45, 2.75) is 25.4 Å². The van der Waals surface area contributed by atoms with Crippen molar-refractivity contribution in [3.8, 4) is 0 Å². The Morgan fingerprint density at radius 2 is 2.25 bits per heavy atom. The average Bonchev–Trinajstić information content (AvgIpc) is 2.92. The molecule has 0 saturated carbocycles. The number of furan rings is 1. The summed E-state index contributed by atoms with van der Waals surface area (Å²) < 4.78 is 5.58. The number of rotatable bonds is 2. The molecule has 5 heterocycles. The van der Waals surface area contributed by atoms with Gasteiger partial charge in [-0.25, -0.2) is 0 Å². The number of piperidine rings is 3. The van der Waals surface area contributed by atoms with Crippen LogP contribution < -0.4 is 5.32 Å². The SMILES string of the molecule is O=C(NC1CC2CCN1CC2)c1cc2cnccc2o1. The number of hydrogen-bond acceptors (Lipinski definition) is 4. The summed E-state index contributed by atoms with van der Waals surface area (Å²) in [5.41, 5.74) is 0.704. The number of carbonyl (C=O) groups is 1. The monoisotopic (exact) mass is 271 g/mol. The minimum Gasteiger partial charge on any atom is -0.451 e. The number of hydrogen-bond donors (Lipinski definition) is 1. The van der Waals surface area contributed by atoms with Gasteiger partial charge in [-0.1, -0.05) is 0 Å². The fraction of sp³-hybridized carbons (Fsp3) is 0.467. The Hall–Kier alpha value is -1.88. The molecular weight excluding hydrogens is 254 g/mol. The van der Waals surface area contributed by atoms with E-state index in [0.717, 1.165) is 30.8 Å². The van der Waals surface area contributed by atoms with Crippen LogP contribution in [-0.4, -0.2) is 35.0 Å². The summed E-state index contributed by atoms with van der Waals surface area (Å²) in [4.78, 5) is 18.7. The molecule has 3 fully saturated rings. The lowest BCUT2D eigenvalue weighted by molar-refractivity contribution is 0.0287. The van der Waals surface area contributed by atoms with Crippen LogP contribution >= 0.6 is 0 Å². The predicted molar refractivity (Wildman–Crippen MR) is 74.2 cm³/mol. The zero-order valence-corrected chi connectivity index (χ0v) is 11.2. The number of pyridine rings is 1. The molecule has 2 aromatic heterocycles. The van der Waals surface area contributed by atoms with Gasteiger partial charge in [0.15, 0.2) is 5.76 Å². The summed E-state index contributed by atoms with van der Waals surface area (Å²) >= 11 is 0. The third kappa shape index (κ3) is 1.98. The number of nitrogens with zero attached hydrogens (tertiary/aromatic N) is 2. The molecule has 1 unspecified atom stereocenters. The first-order chi connectivity index (χ1) is 9.79. The van der Waals surface area contributed by atoms with Crippen molar-refractivity contribution in [3.63, 3.8) is 0 Å². The lowest BCUT2D eigenvalue weighted by atomic mass is 9.86. The van der Waals surface area contributed by atoms with E-state index >= 15 is 0 Å². The van der Waals surface area contributed by atoms with Crippen LogP contribution in [0.15, 0.2) is 28.9 Å². The summed E-state index contributed by atoms with van der Waals surface area (Å²) in [5, 5.41) is 3.96. The zero-order chi connectivity index (χ0) is 13.5. The van der Waals surface area contributed by atoms with Crippen LogP contribution in [0.4, 0.5) is 0 Å². The highest BCUT2D eigenvalue weighted by Gasteiger charge is 2.34. The van der Waals surface area contributed by atoms with E-state index in [-0.39, 0.29) is 12.1 Å². The molecule has 0 aromatic carbocycles. The second kappa shape index (κ2) is 4.59. The second-order valence-electron chi connectivity index (χ2n) is 5.73. The number of nitrogens with one attached hydrogen (secondary N) is 1. The topological polar surface area (TPSA) is 58.4 Å². The van der Waals surface area contributed by atoms with Gasteiger partial charge in [-0.2, -0.15) is 0 Å². The minimum atomic E-state index is -0.126. The van der Waals surface area contributed by atoms with Crippen LogP contribution in [0.25, 0.3) is 11.0 Å². The van der Waals surface area contributed by atoms with E-state index in [1.165, 1.54) is 12.8 Å². The molecule has 5 heteroatoms. The van der Waals surface area contributed by atoms with E-state index in [1.807, 2.05) is 0 Å². The number of aromatic nitrogens is 1. The molecule has 3 aliphatic heterocycles. The van der Waals surface area contributed by atoms with E-state index in [1.54, 1.807) is 24.5 Å². The van der Waals surface area contributed by atoms with Gasteiger partial charge in [-0.05, 0) is 37.3 Å². The van der Waals surface area contributed by atoms with Crippen molar-refractivity contribution < 1.29 is 9.21 Å². The van der Waals surface area contributed by atoms with Crippen molar-refractivity contribution in [2.24, 2.45) is 5.92 Å². The average molecular weight is 271 g/mol. The molecule has 5 nitrogen and oxygen atoms in total. The summed E-state index contributed by atoms with van der Waals surface area (Å²) in [5.74, 6) is 1.01. The maximum absolute atomic E-state index is 12.3. The van der Waals surface area contributed by atoms with Crippen LogP contribution in [0.5, 0.6) is 0 Å². The van der Waals surface area contributed by atoms with Crippen molar-refractivity contribution >= 4 is 16.9 Å². The first-order valence-electron chi connectivity index (χ1n) is 7.18. The van der Waals surface area contributed by atoms with Crippen LogP contribution in [0, 0.1) is 5.92 Å². The molecule has 104 valence electrons. The van der Waals surface area contributed by atoms with E-state index in [0.29, 0.717) is 11.3 Å². The van der Waals surface area contributed by atoms with Crippen LogP contribution in [-0.2, 0) is 0 Å². The Morgan fingerprint density at radius 3 is 2.95 bits per heavy atom. The third-order valence-electron chi connectivity index (χ3n) is 4.48. The Bertz CT molecular complexity index is 610. The van der Waals surface area contributed by atoms with Gasteiger partial charge >= 0.3 is 0 Å². The van der Waals surface area contributed by atoms with Gasteiger partial charge in [-0.15, -0.1) is 0 Å². The first kappa shape index (κ1) is 11.9. The van der Waals surface area contributed by atoms with E-state index < -0.39 is 0 Å². The normalized spacial score (nSPS) is 28.7. The first-order valence-corrected chi connectivity index (χ1v) is 7.18. The smallest absolute Gasteiger partial charge is 0.288 e. The standard InChI is InChI=1S/C15H17N3O2/c19-15(13-8-11-9-16-4-1-12(11)20-13)17-14-7-10-2-5-18(14)6-3-10/h1,4,8-10,14H,2-3,5-7H2,(H,17,19). The highest BCUT2D eigenvalue weighted by atomic mass is 16.3. The van der Waals surface area contributed by atoms with Crippen molar-refractivity contribution in [3.05, 3.63) is 30.3 Å². The Kier molecular flexibility index (Phi) is 2.73. The molecule has 2 bridgehead atoms. The van der Waals surface area contributed by atoms with Gasteiger partial charge < -0.3 is 9.73 Å². The molecule has 5 rings (SSSR count). The predicted octanol–water partition coefficient (Wildman–Crippen LogP) is 2.00. The van der Waals surface area contributed by atoms with Crippen LogP contribution in [0.3, 0.4) is 0 Å². The highest BCUT2D eigenvalue weighted by Crippen LogP contribution is 2.30. The molecule has 1 amide bonds. The zero-order valence-electron chi connectivity index (χ0n) is 11.2. The fourth-order valence-corrected chi connectivity index (χ4v) is 3.33. The van der Waals surface area contributed by atoms with Gasteiger partial charge in [0.05, 0.1) is 6.17 Å². The number of fused-ring (bicyclic) bond motifs is 4. The molecule has 0 radical (unpaired) electrons. The molecular formula is C15H17N3O2. The van der Waals surface area contributed by atoms with Crippen molar-refractivity contribution in [1.82, 2.24) is 15.2 Å². The van der Waals surface area contributed by atoms with E-state index in [4.69, 9.17) is 4.42 Å². The molecule has 20 heavy (non-hydrogen) atoms. The lowest BCUT2D eigenvalue weighted by Crippen LogP contribution is -2.56. The van der Waals surface area contributed by atoms with Crippen molar-refractivity contribution in [1.29, 1.82) is 0 Å². The quantitative estimate of drug-likeness (QED) is 0.907. The lowest BCUT2D eigenvalue weighted by Gasteiger charge is -2.45. The molecule has 1 N–H and O–H groups in total. The maximum Gasteiger partial charge on any atom is 0.288 e. The molecule has 0 spiro atoms. The van der Waals surface area contributed by atoms with Gasteiger partial charge in [-0.3, -0.25) is 14.7 Å². The van der Waals surface area contributed by atoms with E-state index in [9.17, 15) is 4.79 Å². The number of carbonyl (C=O) groups excluding carboxylic acids is 1. The summed E-state index contributed by atoms with van der Waals surface area (Å²) in [6.45, 7) is 2.19. The van der Waals surface area contributed by atoms with Gasteiger partial charge in [0.2, 0.25) is 0 Å². The van der Waals surface area contributed by atoms with Gasteiger partial charge in [0.1, 0.15) is 5.58 Å². The number of amides is 1. The van der Waals surface area contributed by atoms with Crippen molar-refractivity contribution in [2.75, 3.05) is 13.1 Å². The Labute approximate surface area is 117 Å². The summed E-state index contributed by atoms with van der Waals surface area (Å²) in [6, 6.07) is 3.53. The largest absolute Gasteiger partial charge is 0.451 e. The summed E-state index contributed by atoms with van der Waals surface area (Å²) in [7, 11) is 0. The molecule has 2 aromatic rings. The molecule has 1 atom stereocenters. The van der Waals surface area contributed by atoms with Crippen LogP contribution in [0.2, 0.25) is 0 Å². The molecule has 0 aliphatic carbocycles. The highest BCUT2D eigenvalue weighted by molar-refractivity contribution is 5.96. The molecule has 3 aliphatic rings. The molecule has 3 saturated heterocycles. The maximum atomic E-state index is 12.3. The minimum absolute atomic E-state index is 0.126. The Balaban J connectivity index is 1.52. The summed E-state index contributed by atoms with van der Waals surface area (Å²) in [6.07, 6.45) is 7.14. The van der Waals surface area contributed by atoms with Crippen LogP contribution in [0.1, 0.15) is 29.8 Å². The third-order valence-corrected chi connectivity index (χ3v) is 4.48. The van der Waals surface area contributed by atoms with Gasteiger partial charge in [0.25, 0.3) is 5.91 Å². The second-order valence-corrected chi connectivity index (χ2v) is 5.73.